The predicted octanol–water partition coefficient (Wildman–Crippen LogP) is 1.49. The predicted molar refractivity (Wildman–Crippen MR) is 77.5 cm³/mol. The molecule has 0 fully saturated rings. The molecule has 2 rings (SSSR count). The highest BCUT2D eigenvalue weighted by Crippen LogP contribution is 2.18. The zero-order valence-corrected chi connectivity index (χ0v) is 12.4. The summed E-state index contributed by atoms with van der Waals surface area (Å²) in [6, 6.07) is 1.36. The van der Waals surface area contributed by atoms with E-state index in [1.54, 1.807) is 22.1 Å². The van der Waals surface area contributed by atoms with Crippen molar-refractivity contribution in [1.82, 2.24) is 14.5 Å². The van der Waals surface area contributed by atoms with E-state index in [0.29, 0.717) is 11.7 Å². The first-order valence-corrected chi connectivity index (χ1v) is 7.74. The molecule has 0 bridgehead atoms. The van der Waals surface area contributed by atoms with Gasteiger partial charge in [-0.25, -0.2) is 4.98 Å². The highest BCUT2D eigenvalue weighted by Gasteiger charge is 2.09. The van der Waals surface area contributed by atoms with E-state index in [-0.39, 0.29) is 11.3 Å². The lowest BCUT2D eigenvalue weighted by molar-refractivity contribution is -0.133. The first kappa shape index (κ1) is 14.7. The van der Waals surface area contributed by atoms with E-state index in [1.165, 1.54) is 10.9 Å². The highest BCUT2D eigenvalue weighted by molar-refractivity contribution is 7.99. The van der Waals surface area contributed by atoms with Gasteiger partial charge in [-0.15, -0.1) is 11.3 Å². The van der Waals surface area contributed by atoms with Crippen LogP contribution in [0.1, 0.15) is 16.8 Å². The van der Waals surface area contributed by atoms with Gasteiger partial charge in [0, 0.05) is 23.3 Å². The molecule has 0 unspecified atom stereocenters. The molecular formula is C12H13N3O3S2. The minimum atomic E-state index is -0.942. The molecular weight excluding hydrogens is 298 g/mol. The van der Waals surface area contributed by atoms with Crippen molar-refractivity contribution in [2.75, 3.05) is 5.75 Å². The average molecular weight is 311 g/mol. The summed E-state index contributed by atoms with van der Waals surface area (Å²) in [5, 5.41) is 10.0. The van der Waals surface area contributed by atoms with E-state index < -0.39 is 5.97 Å². The third-order valence-corrected chi connectivity index (χ3v) is 4.53. The lowest BCUT2D eigenvalue weighted by atomic mass is 10.4. The first-order valence-electron chi connectivity index (χ1n) is 5.94. The van der Waals surface area contributed by atoms with Gasteiger partial charge in [0.2, 0.25) is 0 Å². The summed E-state index contributed by atoms with van der Waals surface area (Å²) in [5.41, 5.74) is -0.373. The largest absolute Gasteiger partial charge is 0.481 e. The number of hydrogen-bond acceptors (Lipinski definition) is 6. The molecule has 20 heavy (non-hydrogen) atoms. The minimum absolute atomic E-state index is 0.130. The maximum atomic E-state index is 11.3. The van der Waals surface area contributed by atoms with Crippen molar-refractivity contribution in [3.05, 3.63) is 38.7 Å². The van der Waals surface area contributed by atoms with Crippen LogP contribution in [0.15, 0.2) is 28.4 Å². The number of nitrogens with zero attached hydrogens (tertiary/aromatic N) is 3. The Hall–Kier alpha value is -1.67. The quantitative estimate of drug-likeness (QED) is 0.642. The van der Waals surface area contributed by atoms with E-state index in [4.69, 9.17) is 5.11 Å². The second-order valence-corrected chi connectivity index (χ2v) is 6.07. The van der Waals surface area contributed by atoms with Crippen LogP contribution in [0.5, 0.6) is 0 Å². The Morgan fingerprint density at radius 2 is 2.35 bits per heavy atom. The fraction of sp³-hybridized carbons (Fsp3) is 0.333. The van der Waals surface area contributed by atoms with E-state index in [9.17, 15) is 9.59 Å². The molecule has 0 aromatic carbocycles. The van der Waals surface area contributed by atoms with Crippen LogP contribution in [0.3, 0.4) is 0 Å². The third-order valence-electron chi connectivity index (χ3n) is 2.43. The number of carboxylic acids is 1. The molecule has 106 valence electrons. The molecule has 1 N–H and O–H groups in total. The summed E-state index contributed by atoms with van der Waals surface area (Å²) in [6.45, 7) is 2.55. The molecule has 2 heterocycles. The van der Waals surface area contributed by atoms with Crippen molar-refractivity contribution in [1.29, 1.82) is 0 Å². The van der Waals surface area contributed by atoms with Crippen LogP contribution < -0.4 is 5.56 Å². The number of carbonyl (C=O) groups is 1. The van der Waals surface area contributed by atoms with Crippen LogP contribution in [0.4, 0.5) is 0 Å². The van der Waals surface area contributed by atoms with Gasteiger partial charge in [-0.2, -0.15) is 4.98 Å². The Morgan fingerprint density at radius 1 is 1.55 bits per heavy atom. The summed E-state index contributed by atoms with van der Waals surface area (Å²) >= 11 is 2.63. The lowest BCUT2D eigenvalue weighted by Gasteiger charge is -2.08. The summed E-state index contributed by atoms with van der Waals surface area (Å²) < 4.78 is 1.74. The normalized spacial score (nSPS) is 10.7. The topological polar surface area (TPSA) is 85.1 Å². The van der Waals surface area contributed by atoms with Crippen LogP contribution in [0.2, 0.25) is 0 Å². The third kappa shape index (κ3) is 3.91. The summed E-state index contributed by atoms with van der Waals surface area (Å²) in [4.78, 5) is 31.3. The minimum Gasteiger partial charge on any atom is -0.481 e. The van der Waals surface area contributed by atoms with Gasteiger partial charge < -0.3 is 9.67 Å². The number of carboxylic acid groups (broad SMARTS) is 1. The van der Waals surface area contributed by atoms with E-state index in [0.717, 1.165) is 23.2 Å². The van der Waals surface area contributed by atoms with Gasteiger partial charge in [0.05, 0.1) is 12.3 Å². The standard InChI is InChI=1S/C12H13N3O3S2/c1-2-8-5-13-10(20-8)6-15-4-3-9(16)14-12(15)19-7-11(17)18/h3-5H,2,6-7H2,1H3,(H,17,18). The SMILES string of the molecule is CCc1cnc(Cn2ccc(=O)nc2SCC(=O)O)s1. The van der Waals surface area contributed by atoms with Crippen molar-refractivity contribution in [2.24, 2.45) is 0 Å². The molecule has 8 heteroatoms. The van der Waals surface area contributed by atoms with E-state index in [1.807, 2.05) is 6.20 Å². The monoisotopic (exact) mass is 311 g/mol. The molecule has 0 radical (unpaired) electrons. The molecule has 0 amide bonds. The number of thioether (sulfide) groups is 1. The van der Waals surface area contributed by atoms with Crippen LogP contribution in [0, 0.1) is 0 Å². The molecule has 2 aromatic rings. The van der Waals surface area contributed by atoms with Gasteiger partial charge in [-0.05, 0) is 6.42 Å². The molecule has 0 saturated carbocycles. The molecule has 0 aliphatic heterocycles. The zero-order chi connectivity index (χ0) is 14.5. The van der Waals surface area contributed by atoms with Gasteiger partial charge in [0.15, 0.2) is 5.16 Å². The lowest BCUT2D eigenvalue weighted by Crippen LogP contribution is -2.14. The van der Waals surface area contributed by atoms with Crippen molar-refractivity contribution in [3.8, 4) is 0 Å². The second-order valence-electron chi connectivity index (χ2n) is 3.93. The number of thiazole rings is 1. The van der Waals surface area contributed by atoms with Gasteiger partial charge >= 0.3 is 5.97 Å². The smallest absolute Gasteiger partial charge is 0.313 e. The van der Waals surface area contributed by atoms with Crippen LogP contribution in [-0.4, -0.2) is 31.4 Å². The first-order chi connectivity index (χ1) is 9.58. The van der Waals surface area contributed by atoms with Crippen LogP contribution in [-0.2, 0) is 17.8 Å². The number of hydrogen-bond donors (Lipinski definition) is 1. The Balaban J connectivity index is 2.21. The number of aromatic nitrogens is 3. The Labute approximate surface area is 123 Å². The number of rotatable bonds is 6. The van der Waals surface area contributed by atoms with Crippen LogP contribution >= 0.6 is 23.1 Å². The highest BCUT2D eigenvalue weighted by atomic mass is 32.2. The Morgan fingerprint density at radius 3 is 3.00 bits per heavy atom. The summed E-state index contributed by atoms with van der Waals surface area (Å²) in [5.74, 6) is -1.07. The van der Waals surface area contributed by atoms with Gasteiger partial charge in [-0.3, -0.25) is 9.59 Å². The zero-order valence-electron chi connectivity index (χ0n) is 10.8. The maximum Gasteiger partial charge on any atom is 0.313 e. The van der Waals surface area contributed by atoms with Crippen molar-refractivity contribution in [3.63, 3.8) is 0 Å². The van der Waals surface area contributed by atoms with Crippen molar-refractivity contribution < 1.29 is 9.90 Å². The van der Waals surface area contributed by atoms with Crippen LogP contribution in [0.25, 0.3) is 0 Å². The van der Waals surface area contributed by atoms with Crippen molar-refractivity contribution >= 4 is 29.1 Å². The van der Waals surface area contributed by atoms with Gasteiger partial charge in [0.1, 0.15) is 5.01 Å². The van der Waals surface area contributed by atoms with Gasteiger partial charge in [-0.1, -0.05) is 18.7 Å². The molecule has 0 atom stereocenters. The fourth-order valence-electron chi connectivity index (χ4n) is 1.51. The maximum absolute atomic E-state index is 11.3. The average Bonchev–Trinajstić information content (AvgIpc) is 2.86. The fourth-order valence-corrected chi connectivity index (χ4v) is 3.07. The number of aliphatic carboxylic acids is 1. The molecule has 2 aromatic heterocycles. The van der Waals surface area contributed by atoms with E-state index in [2.05, 4.69) is 16.9 Å². The molecule has 0 aliphatic carbocycles. The summed E-state index contributed by atoms with van der Waals surface area (Å²) in [6.07, 6.45) is 4.38. The molecule has 0 saturated heterocycles. The Kier molecular flexibility index (Phi) is 4.91. The van der Waals surface area contributed by atoms with Crippen molar-refractivity contribution in [2.45, 2.75) is 25.0 Å². The molecule has 0 aliphatic rings. The molecule has 0 spiro atoms. The Bertz CT molecular complexity index is 666. The van der Waals surface area contributed by atoms with E-state index >= 15 is 0 Å². The van der Waals surface area contributed by atoms with Gasteiger partial charge in [0.25, 0.3) is 5.56 Å². The summed E-state index contributed by atoms with van der Waals surface area (Å²) in [7, 11) is 0. The second kappa shape index (κ2) is 6.67. The molecule has 6 nitrogen and oxygen atoms in total. The number of aryl methyl sites for hydroxylation is 1.